The van der Waals surface area contributed by atoms with Crippen molar-refractivity contribution in [1.82, 2.24) is 9.97 Å². The molecule has 8 aromatic rings. The van der Waals surface area contributed by atoms with Crippen LogP contribution in [0.4, 0.5) is 40.3 Å². The normalized spacial score (nSPS) is 13.0. The number of rotatable bonds is 28. The maximum atomic E-state index is 15.2. The van der Waals surface area contributed by atoms with Crippen LogP contribution in [-0.2, 0) is 28.8 Å². The van der Waals surface area contributed by atoms with Gasteiger partial charge in [0.15, 0.2) is 46.1 Å². The van der Waals surface area contributed by atoms with Gasteiger partial charge in [-0.15, -0.1) is 0 Å². The summed E-state index contributed by atoms with van der Waals surface area (Å²) in [4.78, 5) is 81.5. The van der Waals surface area contributed by atoms with Crippen LogP contribution in [0.25, 0.3) is 21.8 Å². The van der Waals surface area contributed by atoms with E-state index < -0.39 is 69.7 Å². The number of carbonyl (C=O) groups is 6. The van der Waals surface area contributed by atoms with Crippen molar-refractivity contribution in [2.24, 2.45) is 10.8 Å². The third-order valence-electron chi connectivity index (χ3n) is 14.8. The third kappa shape index (κ3) is 17.4. The molecule has 2 saturated carbocycles. The summed E-state index contributed by atoms with van der Waals surface area (Å²) >= 11 is 0. The summed E-state index contributed by atoms with van der Waals surface area (Å²) in [6.07, 6.45) is 7.95. The molecule has 0 spiro atoms. The van der Waals surface area contributed by atoms with Crippen molar-refractivity contribution in [3.8, 4) is 46.0 Å². The van der Waals surface area contributed by atoms with Crippen molar-refractivity contribution in [3.05, 3.63) is 157 Å². The number of ether oxygens (including phenoxy) is 6. The molecule has 0 radical (unpaired) electrons. The molecular weight excluding hydrogens is 1200 g/mol. The summed E-state index contributed by atoms with van der Waals surface area (Å²) in [6, 6.07) is 28.1. The summed E-state index contributed by atoms with van der Waals surface area (Å²) < 4.78 is 91.1. The molecule has 2 aromatic heterocycles. The van der Waals surface area contributed by atoms with Crippen LogP contribution in [0, 0.1) is 34.1 Å². The summed E-state index contributed by atoms with van der Waals surface area (Å²) in [5, 5.41) is 32.7. The fourth-order valence-electron chi connectivity index (χ4n) is 9.43. The largest absolute Gasteiger partial charge is 2.00 e. The van der Waals surface area contributed by atoms with Gasteiger partial charge in [0, 0.05) is 82.1 Å². The van der Waals surface area contributed by atoms with Gasteiger partial charge < -0.3 is 69.5 Å². The third-order valence-corrected chi connectivity index (χ3v) is 14.8. The van der Waals surface area contributed by atoms with E-state index in [4.69, 9.17) is 28.4 Å². The quantitative estimate of drug-likeness (QED) is 0.0154. The molecule has 6 aromatic carbocycles. The topological polar surface area (TPSA) is 278 Å². The number of anilines is 4. The average Bonchev–Trinajstić information content (AvgIpc) is 1.73. The molecule has 25 heteroatoms. The van der Waals surface area contributed by atoms with Crippen molar-refractivity contribution in [3.63, 3.8) is 0 Å². The molecule has 0 bridgehead atoms. The maximum absolute atomic E-state index is 15.2. The Morgan fingerprint density at radius 2 is 0.780 bits per heavy atom. The number of benzene rings is 6. The molecule has 2 fully saturated rings. The average molecular weight is 1260 g/mol. The number of methoxy groups -OCH3 is 2. The molecule has 468 valence electrons. The van der Waals surface area contributed by atoms with Crippen LogP contribution in [0.2, 0.25) is 0 Å². The first-order valence-corrected chi connectivity index (χ1v) is 28.7. The maximum Gasteiger partial charge on any atom is 2.00 e. The van der Waals surface area contributed by atoms with E-state index >= 15 is 8.78 Å². The number of aliphatic carboxylic acids is 2. The summed E-state index contributed by atoms with van der Waals surface area (Å²) in [5.41, 5.74) is -0.550. The molecule has 20 nitrogen and oxygen atoms in total. The molecule has 0 aliphatic heterocycles. The minimum absolute atomic E-state index is 0. The van der Waals surface area contributed by atoms with Crippen molar-refractivity contribution in [2.75, 3.05) is 48.7 Å². The van der Waals surface area contributed by atoms with Gasteiger partial charge in [0.2, 0.25) is 23.6 Å². The molecule has 4 amide bonds. The summed E-state index contributed by atoms with van der Waals surface area (Å²) in [5.74, 6) is -4.62. The number of nitrogens with zero attached hydrogens (tertiary/aromatic N) is 2. The predicted octanol–water partition coefficient (Wildman–Crippen LogP) is 10.3. The van der Waals surface area contributed by atoms with Gasteiger partial charge in [-0.2, -0.15) is 0 Å². The second-order valence-electron chi connectivity index (χ2n) is 21.2. The number of hydrogen-bond acceptors (Lipinski definition) is 16. The molecule has 0 saturated heterocycles. The van der Waals surface area contributed by atoms with Gasteiger partial charge in [0.1, 0.15) is 34.0 Å². The number of carbonyl (C=O) groups excluding carboxylic acids is 6. The number of hydrogen-bond donors (Lipinski definition) is 4. The minimum Gasteiger partial charge on any atom is -0.550 e. The van der Waals surface area contributed by atoms with Crippen LogP contribution < -0.4 is 59.9 Å². The van der Waals surface area contributed by atoms with Crippen molar-refractivity contribution >= 4 is 103 Å². The molecule has 10 rings (SSSR count). The number of halogens is 4. The number of pyridine rings is 2. The molecule has 0 unspecified atom stereocenters. The van der Waals surface area contributed by atoms with Gasteiger partial charge in [-0.1, -0.05) is 0 Å². The zero-order valence-corrected chi connectivity index (χ0v) is 50.8. The van der Waals surface area contributed by atoms with Crippen LogP contribution in [0.5, 0.6) is 46.0 Å². The van der Waals surface area contributed by atoms with Gasteiger partial charge >= 0.3 is 23.1 Å². The van der Waals surface area contributed by atoms with Crippen LogP contribution in [0.15, 0.2) is 134 Å². The molecule has 4 N–H and O–H groups in total. The van der Waals surface area contributed by atoms with Gasteiger partial charge in [-0.25, -0.2) is 17.6 Å². The summed E-state index contributed by atoms with van der Waals surface area (Å²) in [6.45, 7) is 0.693. The van der Waals surface area contributed by atoms with Gasteiger partial charge in [0.25, 0.3) is 0 Å². The van der Waals surface area contributed by atoms with E-state index in [0.717, 1.165) is 12.1 Å². The van der Waals surface area contributed by atoms with Crippen LogP contribution in [-0.4, -0.2) is 96.0 Å². The van der Waals surface area contributed by atoms with E-state index in [0.29, 0.717) is 145 Å². The van der Waals surface area contributed by atoms with Gasteiger partial charge in [-0.3, -0.25) is 29.1 Å². The van der Waals surface area contributed by atoms with Crippen LogP contribution in [0.1, 0.15) is 77.0 Å². The van der Waals surface area contributed by atoms with Crippen molar-refractivity contribution in [1.29, 1.82) is 0 Å². The number of nitrogens with one attached hydrogen (secondary N) is 4. The van der Waals surface area contributed by atoms with Crippen molar-refractivity contribution < 1.29 is 85.0 Å². The monoisotopic (exact) mass is 1260 g/mol. The standard InChI is InChI=1S/2C33H31F2N3O7.Mg/c2*1-43-28-18-23-25(19-29(28)44-16-4-2-3-5-30(39)40)36-15-12-26(23)45-27-11-10-22(17-24(27)35)38-32(42)33(13-14-33)31(41)37-21-8-6-20(34)7-9-21;/h2*6-12,15,17-19H,2-5,13-14,16H2,1H3,(H,37,41)(H,38,42)(H,39,40);/q;;+2/p-2. The Hall–Kier alpha value is -9.75. The van der Waals surface area contributed by atoms with E-state index in [2.05, 4.69) is 31.2 Å². The zero-order valence-electron chi connectivity index (χ0n) is 49.4. The second-order valence-corrected chi connectivity index (χ2v) is 21.2. The van der Waals surface area contributed by atoms with E-state index in [-0.39, 0.29) is 58.8 Å². The first-order valence-electron chi connectivity index (χ1n) is 28.7. The van der Waals surface area contributed by atoms with E-state index in [1.807, 2.05) is 0 Å². The number of carboxylic acid groups (broad SMARTS) is 2. The number of amides is 4. The van der Waals surface area contributed by atoms with Crippen LogP contribution in [0.3, 0.4) is 0 Å². The molecule has 0 atom stereocenters. The zero-order chi connectivity index (χ0) is 64.0. The Morgan fingerprint density at radius 3 is 1.11 bits per heavy atom. The molecule has 2 heterocycles. The second kappa shape index (κ2) is 30.6. The van der Waals surface area contributed by atoms with Crippen LogP contribution >= 0.6 is 0 Å². The predicted molar refractivity (Wildman–Crippen MR) is 324 cm³/mol. The fourth-order valence-corrected chi connectivity index (χ4v) is 9.43. The van der Waals surface area contributed by atoms with Crippen molar-refractivity contribution in [2.45, 2.75) is 77.0 Å². The number of unbranched alkanes of at least 4 members (excludes halogenated alkanes) is 4. The Kier molecular flexibility index (Phi) is 22.6. The Labute approximate surface area is 535 Å². The summed E-state index contributed by atoms with van der Waals surface area (Å²) in [7, 11) is 2.96. The molecule has 91 heavy (non-hydrogen) atoms. The Balaban J connectivity index is 0.000000232. The molecule has 2 aliphatic rings. The van der Waals surface area contributed by atoms with E-state index in [1.54, 1.807) is 36.4 Å². The molecular formula is C66H60F4MgN6O14. The first kappa shape index (κ1) is 67.2. The minimum atomic E-state index is -1.30. The molecule has 2 aliphatic carbocycles. The van der Waals surface area contributed by atoms with E-state index in [1.165, 1.54) is 99.4 Å². The Morgan fingerprint density at radius 1 is 0.429 bits per heavy atom. The SMILES string of the molecule is COc1cc2c(Oc3ccc(NC(=O)C4(C(=O)Nc5ccc(F)cc5)CC4)cc3F)ccnc2cc1OCCCCCC(=O)[O-].COc1cc2c(Oc3ccc(NC(=O)C4(C(=O)Nc5ccc(F)cc5)CC4)cc3F)ccnc2cc1OCCCCCC(=O)[O-].[Mg+2]. The number of fused-ring (bicyclic) bond motifs is 2. The number of aromatic nitrogens is 2. The van der Waals surface area contributed by atoms with Gasteiger partial charge in [0.05, 0.1) is 38.5 Å². The Bertz CT molecular complexity index is 3710. The first-order chi connectivity index (χ1) is 43.4. The van der Waals surface area contributed by atoms with Gasteiger partial charge in [-0.05, 0) is 174 Å². The fraction of sp³-hybridized carbons (Fsp3) is 0.273. The number of carboxylic acids is 2. The smallest absolute Gasteiger partial charge is 0.550 e. The van der Waals surface area contributed by atoms with E-state index in [9.17, 15) is 47.8 Å².